The number of hydrogen-bond donors (Lipinski definition) is 2. The van der Waals surface area contributed by atoms with Gasteiger partial charge in [0, 0.05) is 0 Å². The standard InChI is InChI=1S/C16H17IN2O6/c1-3-23-12-7-9(6-11-15(21)19-16(22)18-11)5-10(17)14(12)25-8-13(20)24-4-2/h5-7H,3-4,8H2,1-2H3,(H2,18,19,21,22)/b11-6+. The van der Waals surface area contributed by atoms with E-state index in [4.69, 9.17) is 14.2 Å². The Bertz CT molecular complexity index is 732. The maximum Gasteiger partial charge on any atom is 0.344 e. The lowest BCUT2D eigenvalue weighted by Gasteiger charge is -2.14. The molecule has 0 spiro atoms. The molecule has 0 aliphatic carbocycles. The number of carbonyl (C=O) groups is 3. The number of benzene rings is 1. The van der Waals surface area contributed by atoms with E-state index < -0.39 is 17.9 Å². The van der Waals surface area contributed by atoms with E-state index in [-0.39, 0.29) is 18.9 Å². The van der Waals surface area contributed by atoms with Gasteiger partial charge in [-0.2, -0.15) is 0 Å². The fraction of sp³-hybridized carbons (Fsp3) is 0.312. The van der Waals surface area contributed by atoms with Gasteiger partial charge < -0.3 is 19.5 Å². The molecule has 1 heterocycles. The van der Waals surface area contributed by atoms with Crippen LogP contribution >= 0.6 is 22.6 Å². The van der Waals surface area contributed by atoms with E-state index >= 15 is 0 Å². The van der Waals surface area contributed by atoms with Crippen LogP contribution in [0.5, 0.6) is 11.5 Å². The largest absolute Gasteiger partial charge is 0.490 e. The summed E-state index contributed by atoms with van der Waals surface area (Å²) < 4.78 is 16.6. The first-order valence-corrected chi connectivity index (χ1v) is 8.61. The second kappa shape index (κ2) is 8.70. The van der Waals surface area contributed by atoms with E-state index in [1.165, 1.54) is 6.08 Å². The summed E-state index contributed by atoms with van der Waals surface area (Å²) in [6, 6.07) is 2.84. The monoisotopic (exact) mass is 460 g/mol. The molecule has 3 amide bonds. The molecule has 1 aliphatic heterocycles. The first-order chi connectivity index (χ1) is 11.9. The fourth-order valence-corrected chi connectivity index (χ4v) is 2.84. The predicted octanol–water partition coefficient (Wildman–Crippen LogP) is 1.81. The SMILES string of the molecule is CCOC(=O)COc1c(I)cc(/C=C2/NC(=O)NC2=O)cc1OCC. The Labute approximate surface area is 158 Å². The Kier molecular flexibility index (Phi) is 6.62. The highest BCUT2D eigenvalue weighted by molar-refractivity contribution is 14.1. The zero-order chi connectivity index (χ0) is 18.4. The van der Waals surface area contributed by atoms with Crippen LogP contribution in [-0.2, 0) is 14.3 Å². The number of halogens is 1. The number of amides is 3. The minimum atomic E-state index is -0.564. The molecule has 0 atom stereocenters. The molecule has 134 valence electrons. The number of nitrogens with one attached hydrogen (secondary N) is 2. The average Bonchev–Trinajstić information content (AvgIpc) is 2.84. The fourth-order valence-electron chi connectivity index (χ4n) is 2.06. The second-order valence-corrected chi connectivity index (χ2v) is 5.99. The van der Waals surface area contributed by atoms with E-state index in [1.807, 2.05) is 29.5 Å². The normalized spacial score (nSPS) is 14.9. The van der Waals surface area contributed by atoms with Crippen molar-refractivity contribution >= 4 is 46.6 Å². The topological polar surface area (TPSA) is 103 Å². The van der Waals surface area contributed by atoms with Crippen LogP contribution in [0.4, 0.5) is 4.79 Å². The maximum atomic E-state index is 11.6. The lowest BCUT2D eigenvalue weighted by Crippen LogP contribution is -2.22. The van der Waals surface area contributed by atoms with E-state index in [2.05, 4.69) is 10.6 Å². The molecule has 25 heavy (non-hydrogen) atoms. The summed E-state index contributed by atoms with van der Waals surface area (Å²) in [5.74, 6) is -0.134. The molecule has 2 N–H and O–H groups in total. The highest BCUT2D eigenvalue weighted by atomic mass is 127. The summed E-state index contributed by atoms with van der Waals surface area (Å²) in [7, 11) is 0. The molecule has 0 saturated carbocycles. The lowest BCUT2D eigenvalue weighted by molar-refractivity contribution is -0.145. The van der Waals surface area contributed by atoms with Gasteiger partial charge in [0.15, 0.2) is 18.1 Å². The number of rotatable bonds is 7. The quantitative estimate of drug-likeness (QED) is 0.279. The molecule has 1 aromatic carbocycles. The van der Waals surface area contributed by atoms with Gasteiger partial charge in [0.25, 0.3) is 5.91 Å². The van der Waals surface area contributed by atoms with E-state index in [0.29, 0.717) is 27.2 Å². The van der Waals surface area contributed by atoms with Crippen molar-refractivity contribution in [3.05, 3.63) is 27.0 Å². The van der Waals surface area contributed by atoms with E-state index in [1.54, 1.807) is 19.1 Å². The first kappa shape index (κ1) is 19.0. The summed E-state index contributed by atoms with van der Waals surface area (Å²) in [6.07, 6.45) is 1.53. The van der Waals surface area contributed by atoms with Gasteiger partial charge in [0.05, 0.1) is 16.8 Å². The molecule has 8 nitrogen and oxygen atoms in total. The summed E-state index contributed by atoms with van der Waals surface area (Å²) in [4.78, 5) is 34.3. The van der Waals surface area contributed by atoms with Crippen LogP contribution in [0.15, 0.2) is 17.8 Å². The van der Waals surface area contributed by atoms with Gasteiger partial charge in [-0.1, -0.05) is 0 Å². The minimum Gasteiger partial charge on any atom is -0.490 e. The van der Waals surface area contributed by atoms with Crippen molar-refractivity contribution in [2.75, 3.05) is 19.8 Å². The lowest BCUT2D eigenvalue weighted by atomic mass is 10.1. The molecule has 0 bridgehead atoms. The molecule has 0 radical (unpaired) electrons. The number of hydrogen-bond acceptors (Lipinski definition) is 6. The van der Waals surface area contributed by atoms with Gasteiger partial charge in [-0.3, -0.25) is 10.1 Å². The van der Waals surface area contributed by atoms with Crippen LogP contribution in [-0.4, -0.2) is 37.7 Å². The van der Waals surface area contributed by atoms with Crippen molar-refractivity contribution in [1.29, 1.82) is 0 Å². The molecule has 1 aliphatic rings. The van der Waals surface area contributed by atoms with Crippen molar-refractivity contribution in [2.45, 2.75) is 13.8 Å². The van der Waals surface area contributed by atoms with Crippen molar-refractivity contribution in [1.82, 2.24) is 10.6 Å². The van der Waals surface area contributed by atoms with E-state index in [9.17, 15) is 14.4 Å². The maximum absolute atomic E-state index is 11.6. The Morgan fingerprint density at radius 2 is 1.92 bits per heavy atom. The molecule has 1 fully saturated rings. The molecule has 0 aromatic heterocycles. The summed E-state index contributed by atoms with van der Waals surface area (Å²) >= 11 is 2.04. The van der Waals surface area contributed by atoms with Gasteiger partial charge in [0.2, 0.25) is 0 Å². The molecule has 1 saturated heterocycles. The average molecular weight is 460 g/mol. The van der Waals surface area contributed by atoms with Gasteiger partial charge in [-0.05, 0) is 60.2 Å². The third-order valence-electron chi connectivity index (χ3n) is 3.00. The van der Waals surface area contributed by atoms with Crippen molar-refractivity contribution in [2.24, 2.45) is 0 Å². The Balaban J connectivity index is 2.27. The van der Waals surface area contributed by atoms with Crippen LogP contribution in [0.2, 0.25) is 0 Å². The third-order valence-corrected chi connectivity index (χ3v) is 3.80. The Hall–Kier alpha value is -2.30. The number of urea groups is 1. The van der Waals surface area contributed by atoms with Gasteiger partial charge >= 0.3 is 12.0 Å². The van der Waals surface area contributed by atoms with Crippen molar-refractivity contribution in [3.63, 3.8) is 0 Å². The highest BCUT2D eigenvalue weighted by Gasteiger charge is 2.23. The third kappa shape index (κ3) is 5.08. The van der Waals surface area contributed by atoms with E-state index in [0.717, 1.165) is 0 Å². The second-order valence-electron chi connectivity index (χ2n) is 4.82. The smallest absolute Gasteiger partial charge is 0.344 e. The van der Waals surface area contributed by atoms with Gasteiger partial charge in [-0.15, -0.1) is 0 Å². The number of esters is 1. The Morgan fingerprint density at radius 1 is 1.16 bits per heavy atom. The summed E-state index contributed by atoms with van der Waals surface area (Å²) in [5.41, 5.74) is 0.784. The van der Waals surface area contributed by atoms with Crippen LogP contribution in [0.25, 0.3) is 6.08 Å². The van der Waals surface area contributed by atoms with Crippen LogP contribution in [0.3, 0.4) is 0 Å². The minimum absolute atomic E-state index is 0.142. The summed E-state index contributed by atoms with van der Waals surface area (Å²) in [6.45, 7) is 3.97. The molecule has 9 heteroatoms. The summed E-state index contributed by atoms with van der Waals surface area (Å²) in [5, 5.41) is 4.55. The number of imide groups is 1. The molecule has 1 aromatic rings. The van der Waals surface area contributed by atoms with Crippen LogP contribution in [0.1, 0.15) is 19.4 Å². The zero-order valence-corrected chi connectivity index (χ0v) is 15.8. The Morgan fingerprint density at radius 3 is 2.52 bits per heavy atom. The highest BCUT2D eigenvalue weighted by Crippen LogP contribution is 2.35. The van der Waals surface area contributed by atoms with Crippen molar-refractivity contribution in [3.8, 4) is 11.5 Å². The van der Waals surface area contributed by atoms with Crippen LogP contribution in [0, 0.1) is 3.57 Å². The zero-order valence-electron chi connectivity index (χ0n) is 13.7. The first-order valence-electron chi connectivity index (χ1n) is 7.53. The molecule has 0 unspecified atom stereocenters. The molecule has 2 rings (SSSR count). The molecular weight excluding hydrogens is 443 g/mol. The number of ether oxygens (including phenoxy) is 3. The molecular formula is C16H17IN2O6. The van der Waals surface area contributed by atoms with Crippen LogP contribution < -0.4 is 20.1 Å². The van der Waals surface area contributed by atoms with Gasteiger partial charge in [-0.25, -0.2) is 9.59 Å². The van der Waals surface area contributed by atoms with Crippen molar-refractivity contribution < 1.29 is 28.6 Å². The number of carbonyl (C=O) groups excluding carboxylic acids is 3. The van der Waals surface area contributed by atoms with Gasteiger partial charge in [0.1, 0.15) is 5.70 Å². The predicted molar refractivity (Wildman–Crippen MR) is 97.1 cm³/mol.